The van der Waals surface area contributed by atoms with Gasteiger partial charge in [0, 0.05) is 11.4 Å². The second-order valence-corrected chi connectivity index (χ2v) is 7.98. The van der Waals surface area contributed by atoms with Crippen molar-refractivity contribution in [2.45, 2.75) is 25.8 Å². The first-order valence-electron chi connectivity index (χ1n) is 9.40. The lowest BCUT2D eigenvalue weighted by atomic mass is 9.97. The Morgan fingerprint density at radius 1 is 1.22 bits per heavy atom. The van der Waals surface area contributed by atoms with Gasteiger partial charge < -0.3 is 14.8 Å². The fraction of sp³-hybridized carbons (Fsp3) is 0.476. The molecule has 1 atom stereocenters. The molecule has 6 heteroatoms. The van der Waals surface area contributed by atoms with Gasteiger partial charge in [0.15, 0.2) is 11.5 Å². The van der Waals surface area contributed by atoms with E-state index in [9.17, 15) is 4.79 Å². The molecule has 0 radical (unpaired) electrons. The van der Waals surface area contributed by atoms with Crippen molar-refractivity contribution in [3.05, 3.63) is 46.2 Å². The van der Waals surface area contributed by atoms with Crippen molar-refractivity contribution in [2.24, 2.45) is 5.92 Å². The summed E-state index contributed by atoms with van der Waals surface area (Å²) >= 11 is 1.75. The van der Waals surface area contributed by atoms with Crippen molar-refractivity contribution in [3.63, 3.8) is 0 Å². The zero-order valence-electron chi connectivity index (χ0n) is 16.2. The summed E-state index contributed by atoms with van der Waals surface area (Å²) < 4.78 is 10.7. The lowest BCUT2D eigenvalue weighted by molar-refractivity contribution is 0.0911. The predicted molar refractivity (Wildman–Crippen MR) is 109 cm³/mol. The number of rotatable bonds is 7. The molecule has 2 heterocycles. The molecule has 1 aliphatic heterocycles. The molecule has 0 aliphatic carbocycles. The van der Waals surface area contributed by atoms with E-state index in [1.807, 2.05) is 0 Å². The lowest BCUT2D eigenvalue weighted by Crippen LogP contribution is -2.41. The lowest BCUT2D eigenvalue weighted by Gasteiger charge is -2.36. The van der Waals surface area contributed by atoms with Crippen LogP contribution in [0, 0.1) is 5.92 Å². The molecular formula is C21H28N2O3S. The fourth-order valence-electron chi connectivity index (χ4n) is 3.58. The highest BCUT2D eigenvalue weighted by Crippen LogP contribution is 2.32. The highest BCUT2D eigenvalue weighted by atomic mass is 32.1. The summed E-state index contributed by atoms with van der Waals surface area (Å²) in [5.74, 6) is 1.67. The van der Waals surface area contributed by atoms with Gasteiger partial charge in [-0.1, -0.05) is 19.1 Å². The molecule has 0 bridgehead atoms. The van der Waals surface area contributed by atoms with Gasteiger partial charge in [-0.05, 0) is 55.4 Å². The molecule has 1 N–H and O–H groups in total. The fourth-order valence-corrected chi connectivity index (χ4v) is 4.44. The van der Waals surface area contributed by atoms with Gasteiger partial charge in [0.25, 0.3) is 5.91 Å². The Morgan fingerprint density at radius 2 is 2.00 bits per heavy atom. The maximum atomic E-state index is 12.8. The summed E-state index contributed by atoms with van der Waals surface area (Å²) in [4.78, 5) is 16.6. The van der Waals surface area contributed by atoms with Crippen molar-refractivity contribution in [1.29, 1.82) is 0 Å². The maximum Gasteiger partial charge on any atom is 0.255 e. The first-order valence-corrected chi connectivity index (χ1v) is 10.3. The predicted octanol–water partition coefficient (Wildman–Crippen LogP) is 3.97. The Labute approximate surface area is 165 Å². The number of nitrogens with zero attached hydrogens (tertiary/aromatic N) is 1. The van der Waals surface area contributed by atoms with E-state index in [-0.39, 0.29) is 11.9 Å². The third-order valence-corrected chi connectivity index (χ3v) is 6.21. The molecule has 1 aromatic heterocycles. The van der Waals surface area contributed by atoms with Gasteiger partial charge in [0.2, 0.25) is 0 Å². The molecule has 1 aromatic carbocycles. The van der Waals surface area contributed by atoms with Crippen LogP contribution in [0.4, 0.5) is 0 Å². The minimum Gasteiger partial charge on any atom is -0.493 e. The first-order chi connectivity index (χ1) is 13.1. The SMILES string of the molecule is COc1cccc(C(=O)NCC(c2cccs2)N2CCC(C)CC2)c1OC. The Hall–Kier alpha value is -2.05. The molecule has 0 saturated carbocycles. The van der Waals surface area contributed by atoms with Crippen molar-refractivity contribution in [2.75, 3.05) is 33.9 Å². The Bertz CT molecular complexity index is 740. The van der Waals surface area contributed by atoms with E-state index in [0.29, 0.717) is 23.6 Å². The van der Waals surface area contributed by atoms with Crippen molar-refractivity contribution in [3.8, 4) is 11.5 Å². The molecule has 1 unspecified atom stereocenters. The highest BCUT2D eigenvalue weighted by Gasteiger charge is 2.26. The summed E-state index contributed by atoms with van der Waals surface area (Å²) in [6.45, 7) is 5.03. The van der Waals surface area contributed by atoms with E-state index < -0.39 is 0 Å². The summed E-state index contributed by atoms with van der Waals surface area (Å²) in [6.07, 6.45) is 2.42. The van der Waals surface area contributed by atoms with Crippen molar-refractivity contribution in [1.82, 2.24) is 10.2 Å². The molecule has 1 aliphatic rings. The monoisotopic (exact) mass is 388 g/mol. The number of ether oxygens (including phenoxy) is 2. The van der Waals surface area contributed by atoms with E-state index in [2.05, 4.69) is 34.7 Å². The molecule has 1 amide bonds. The van der Waals surface area contributed by atoms with Gasteiger partial charge in [-0.25, -0.2) is 0 Å². The van der Waals surface area contributed by atoms with Crippen LogP contribution in [0.15, 0.2) is 35.7 Å². The number of nitrogens with one attached hydrogen (secondary N) is 1. The number of hydrogen-bond donors (Lipinski definition) is 1. The van der Waals surface area contributed by atoms with Crippen LogP contribution in [-0.4, -0.2) is 44.7 Å². The normalized spacial score (nSPS) is 16.7. The van der Waals surface area contributed by atoms with Crippen LogP contribution < -0.4 is 14.8 Å². The van der Waals surface area contributed by atoms with Crippen LogP contribution in [0.3, 0.4) is 0 Å². The number of methoxy groups -OCH3 is 2. The largest absolute Gasteiger partial charge is 0.493 e. The molecular weight excluding hydrogens is 360 g/mol. The Morgan fingerprint density at radius 3 is 2.63 bits per heavy atom. The van der Waals surface area contributed by atoms with E-state index in [1.165, 1.54) is 17.7 Å². The average molecular weight is 389 g/mol. The highest BCUT2D eigenvalue weighted by molar-refractivity contribution is 7.10. The van der Waals surface area contributed by atoms with Gasteiger partial charge in [0.05, 0.1) is 25.8 Å². The van der Waals surface area contributed by atoms with Gasteiger partial charge in [0.1, 0.15) is 0 Å². The second kappa shape index (κ2) is 9.24. The maximum absolute atomic E-state index is 12.8. The molecule has 0 spiro atoms. The molecule has 146 valence electrons. The number of carbonyl (C=O) groups is 1. The van der Waals surface area contributed by atoms with Crippen LogP contribution in [0.25, 0.3) is 0 Å². The van der Waals surface area contributed by atoms with Gasteiger partial charge >= 0.3 is 0 Å². The minimum absolute atomic E-state index is 0.141. The number of para-hydroxylation sites is 1. The van der Waals surface area contributed by atoms with Crippen LogP contribution in [0.1, 0.15) is 41.0 Å². The van der Waals surface area contributed by atoms with Gasteiger partial charge in [-0.15, -0.1) is 11.3 Å². The number of carbonyl (C=O) groups excluding carboxylic acids is 1. The smallest absolute Gasteiger partial charge is 0.255 e. The summed E-state index contributed by atoms with van der Waals surface area (Å²) in [5, 5.41) is 5.21. The quantitative estimate of drug-likeness (QED) is 0.780. The molecule has 3 rings (SSSR count). The molecule has 5 nitrogen and oxygen atoms in total. The third-order valence-electron chi connectivity index (χ3n) is 5.23. The van der Waals surface area contributed by atoms with Crippen LogP contribution in [-0.2, 0) is 0 Å². The van der Waals surface area contributed by atoms with Crippen LogP contribution in [0.5, 0.6) is 11.5 Å². The van der Waals surface area contributed by atoms with Crippen molar-refractivity contribution >= 4 is 17.2 Å². The number of benzene rings is 1. The number of piperidine rings is 1. The number of thiophene rings is 1. The average Bonchev–Trinajstić information content (AvgIpc) is 3.23. The van der Waals surface area contributed by atoms with Crippen LogP contribution >= 0.6 is 11.3 Å². The van der Waals surface area contributed by atoms with E-state index >= 15 is 0 Å². The van der Waals surface area contributed by atoms with Gasteiger partial charge in [-0.3, -0.25) is 9.69 Å². The summed E-state index contributed by atoms with van der Waals surface area (Å²) in [5.41, 5.74) is 0.494. The zero-order chi connectivity index (χ0) is 19.2. The summed E-state index contributed by atoms with van der Waals surface area (Å²) in [6, 6.07) is 9.80. The molecule has 1 saturated heterocycles. The summed E-state index contributed by atoms with van der Waals surface area (Å²) in [7, 11) is 3.13. The topological polar surface area (TPSA) is 50.8 Å². The minimum atomic E-state index is -0.141. The van der Waals surface area contributed by atoms with E-state index in [0.717, 1.165) is 19.0 Å². The molecule has 1 fully saturated rings. The second-order valence-electron chi connectivity index (χ2n) is 7.00. The number of likely N-dealkylation sites (tertiary alicyclic amines) is 1. The van der Waals surface area contributed by atoms with Crippen molar-refractivity contribution < 1.29 is 14.3 Å². The molecule has 27 heavy (non-hydrogen) atoms. The van der Waals surface area contributed by atoms with Crippen LogP contribution in [0.2, 0.25) is 0 Å². The number of amides is 1. The first kappa shape index (κ1) is 19.7. The zero-order valence-corrected chi connectivity index (χ0v) is 17.1. The van der Waals surface area contributed by atoms with E-state index in [1.54, 1.807) is 43.8 Å². The van der Waals surface area contributed by atoms with Gasteiger partial charge in [-0.2, -0.15) is 0 Å². The Kier molecular flexibility index (Phi) is 6.74. The van der Waals surface area contributed by atoms with E-state index in [4.69, 9.17) is 9.47 Å². The molecule has 2 aromatic rings. The Balaban J connectivity index is 1.73. The number of hydrogen-bond acceptors (Lipinski definition) is 5. The third kappa shape index (κ3) is 4.62. The standard InChI is InChI=1S/C21H28N2O3S/c1-15-9-11-23(12-10-15)17(19-8-5-13-27-19)14-22-21(24)16-6-4-7-18(25-2)20(16)26-3/h4-8,13,15,17H,9-12,14H2,1-3H3,(H,22,24).